The molecule has 1 aromatic carbocycles. The zero-order chi connectivity index (χ0) is 16.9. The van der Waals surface area contributed by atoms with E-state index in [0.717, 1.165) is 24.6 Å². The summed E-state index contributed by atoms with van der Waals surface area (Å²) in [4.78, 5) is 25.7. The summed E-state index contributed by atoms with van der Waals surface area (Å²) < 4.78 is 0. The Bertz CT molecular complexity index is 664. The SMILES string of the molecule is CC(C)N(Cc1ccccc1)C(=O)c1cnc(N2CCCC2)nc1. The molecular formula is C19H24N4O. The fourth-order valence-electron chi connectivity index (χ4n) is 2.95. The van der Waals surface area contributed by atoms with E-state index in [9.17, 15) is 4.79 Å². The van der Waals surface area contributed by atoms with Gasteiger partial charge in [0.15, 0.2) is 0 Å². The Hall–Kier alpha value is -2.43. The monoisotopic (exact) mass is 324 g/mol. The lowest BCUT2D eigenvalue weighted by atomic mass is 10.1. The fourth-order valence-corrected chi connectivity index (χ4v) is 2.95. The molecule has 5 nitrogen and oxygen atoms in total. The minimum Gasteiger partial charge on any atom is -0.341 e. The van der Waals surface area contributed by atoms with Crippen LogP contribution < -0.4 is 4.90 Å². The molecule has 0 saturated carbocycles. The number of anilines is 1. The van der Waals surface area contributed by atoms with E-state index in [1.807, 2.05) is 49.1 Å². The van der Waals surface area contributed by atoms with Crippen LogP contribution in [0.4, 0.5) is 5.95 Å². The number of aromatic nitrogens is 2. The molecule has 1 aliphatic rings. The van der Waals surface area contributed by atoms with Crippen molar-refractivity contribution >= 4 is 11.9 Å². The second kappa shape index (κ2) is 7.43. The normalized spacial score (nSPS) is 14.2. The number of carbonyl (C=O) groups is 1. The van der Waals surface area contributed by atoms with Crippen molar-refractivity contribution in [1.29, 1.82) is 0 Å². The average Bonchev–Trinajstić information content (AvgIpc) is 3.14. The Morgan fingerprint density at radius 3 is 2.33 bits per heavy atom. The van der Waals surface area contributed by atoms with Gasteiger partial charge in [0.25, 0.3) is 5.91 Å². The molecule has 1 aromatic heterocycles. The molecule has 0 atom stereocenters. The van der Waals surface area contributed by atoms with E-state index in [4.69, 9.17) is 0 Å². The number of amides is 1. The molecule has 0 unspecified atom stereocenters. The van der Waals surface area contributed by atoms with E-state index in [1.165, 1.54) is 12.8 Å². The largest absolute Gasteiger partial charge is 0.341 e. The summed E-state index contributed by atoms with van der Waals surface area (Å²) in [6.45, 7) is 6.64. The van der Waals surface area contributed by atoms with Crippen LogP contribution in [0, 0.1) is 0 Å². The van der Waals surface area contributed by atoms with Crippen LogP contribution in [-0.2, 0) is 6.54 Å². The van der Waals surface area contributed by atoms with E-state index >= 15 is 0 Å². The van der Waals surface area contributed by atoms with Crippen LogP contribution in [-0.4, -0.2) is 39.9 Å². The number of hydrogen-bond donors (Lipinski definition) is 0. The van der Waals surface area contributed by atoms with Gasteiger partial charge in [-0.3, -0.25) is 4.79 Å². The molecule has 2 heterocycles. The first-order valence-electron chi connectivity index (χ1n) is 8.57. The van der Waals surface area contributed by atoms with Crippen LogP contribution in [0.5, 0.6) is 0 Å². The van der Waals surface area contributed by atoms with Crippen molar-refractivity contribution in [3.05, 3.63) is 53.9 Å². The van der Waals surface area contributed by atoms with Crippen LogP contribution in [0.3, 0.4) is 0 Å². The molecule has 24 heavy (non-hydrogen) atoms. The lowest BCUT2D eigenvalue weighted by Gasteiger charge is -2.27. The molecule has 1 amide bonds. The predicted octanol–water partition coefficient (Wildman–Crippen LogP) is 3.13. The Kier molecular flexibility index (Phi) is 5.08. The maximum atomic E-state index is 12.9. The van der Waals surface area contributed by atoms with Gasteiger partial charge < -0.3 is 9.80 Å². The van der Waals surface area contributed by atoms with Crippen molar-refractivity contribution in [2.45, 2.75) is 39.3 Å². The summed E-state index contributed by atoms with van der Waals surface area (Å²) in [5.41, 5.74) is 1.66. The number of benzene rings is 1. The first-order chi connectivity index (χ1) is 11.6. The molecule has 0 radical (unpaired) electrons. The van der Waals surface area contributed by atoms with Gasteiger partial charge in [0.2, 0.25) is 5.95 Å². The van der Waals surface area contributed by atoms with Gasteiger partial charge in [-0.25, -0.2) is 9.97 Å². The van der Waals surface area contributed by atoms with Crippen LogP contribution in [0.15, 0.2) is 42.7 Å². The van der Waals surface area contributed by atoms with Crippen molar-refractivity contribution in [1.82, 2.24) is 14.9 Å². The van der Waals surface area contributed by atoms with Gasteiger partial charge in [0.05, 0.1) is 5.56 Å². The average molecular weight is 324 g/mol. The quantitative estimate of drug-likeness (QED) is 0.848. The molecule has 1 saturated heterocycles. The molecule has 5 heteroatoms. The lowest BCUT2D eigenvalue weighted by Crippen LogP contribution is -2.36. The maximum Gasteiger partial charge on any atom is 0.257 e. The standard InChI is InChI=1S/C19H24N4O/c1-15(2)23(14-16-8-4-3-5-9-16)18(24)17-12-20-19(21-13-17)22-10-6-7-11-22/h3-5,8-9,12-13,15H,6-7,10-11,14H2,1-2H3. The van der Waals surface area contributed by atoms with E-state index in [-0.39, 0.29) is 11.9 Å². The molecule has 126 valence electrons. The van der Waals surface area contributed by atoms with E-state index in [1.54, 1.807) is 12.4 Å². The van der Waals surface area contributed by atoms with Crippen LogP contribution in [0.2, 0.25) is 0 Å². The number of hydrogen-bond acceptors (Lipinski definition) is 4. The topological polar surface area (TPSA) is 49.3 Å². The molecule has 2 aromatic rings. The zero-order valence-corrected chi connectivity index (χ0v) is 14.4. The molecular weight excluding hydrogens is 300 g/mol. The first kappa shape index (κ1) is 16.4. The summed E-state index contributed by atoms with van der Waals surface area (Å²) in [7, 11) is 0. The molecule has 3 rings (SSSR count). The Morgan fingerprint density at radius 2 is 1.75 bits per heavy atom. The van der Waals surface area contributed by atoms with E-state index in [0.29, 0.717) is 12.1 Å². The number of carbonyl (C=O) groups excluding carboxylic acids is 1. The van der Waals surface area contributed by atoms with E-state index in [2.05, 4.69) is 14.9 Å². The Morgan fingerprint density at radius 1 is 1.12 bits per heavy atom. The molecule has 0 bridgehead atoms. The highest BCUT2D eigenvalue weighted by molar-refractivity contribution is 5.93. The van der Waals surface area contributed by atoms with Crippen molar-refractivity contribution in [3.63, 3.8) is 0 Å². The van der Waals surface area contributed by atoms with E-state index < -0.39 is 0 Å². The smallest absolute Gasteiger partial charge is 0.257 e. The van der Waals surface area contributed by atoms with Crippen LogP contribution in [0.25, 0.3) is 0 Å². The second-order valence-corrected chi connectivity index (χ2v) is 6.48. The highest BCUT2D eigenvalue weighted by Crippen LogP contribution is 2.17. The van der Waals surface area contributed by atoms with Crippen LogP contribution >= 0.6 is 0 Å². The van der Waals surface area contributed by atoms with Gasteiger partial charge in [-0.15, -0.1) is 0 Å². The van der Waals surface area contributed by atoms with Gasteiger partial charge in [0.1, 0.15) is 0 Å². The molecule has 0 spiro atoms. The lowest BCUT2D eigenvalue weighted by molar-refractivity contribution is 0.0689. The minimum absolute atomic E-state index is 0.0261. The van der Waals surface area contributed by atoms with Crippen molar-refractivity contribution in [2.24, 2.45) is 0 Å². The van der Waals surface area contributed by atoms with Gasteiger partial charge >= 0.3 is 0 Å². The number of nitrogens with zero attached hydrogens (tertiary/aromatic N) is 4. The highest BCUT2D eigenvalue weighted by Gasteiger charge is 2.21. The van der Waals surface area contributed by atoms with Gasteiger partial charge in [-0.05, 0) is 32.3 Å². The van der Waals surface area contributed by atoms with Crippen molar-refractivity contribution < 1.29 is 4.79 Å². The molecule has 0 N–H and O–H groups in total. The summed E-state index contributed by atoms with van der Waals surface area (Å²) in [5, 5.41) is 0. The third-order valence-electron chi connectivity index (χ3n) is 4.35. The maximum absolute atomic E-state index is 12.9. The minimum atomic E-state index is -0.0261. The summed E-state index contributed by atoms with van der Waals surface area (Å²) >= 11 is 0. The van der Waals surface area contributed by atoms with Crippen molar-refractivity contribution in [3.8, 4) is 0 Å². The van der Waals surface area contributed by atoms with Crippen LogP contribution in [0.1, 0.15) is 42.6 Å². The highest BCUT2D eigenvalue weighted by atomic mass is 16.2. The van der Waals surface area contributed by atoms with Gasteiger partial charge in [-0.2, -0.15) is 0 Å². The Balaban J connectivity index is 1.74. The molecule has 0 aliphatic carbocycles. The van der Waals surface area contributed by atoms with Gasteiger partial charge in [-0.1, -0.05) is 30.3 Å². The third-order valence-corrected chi connectivity index (χ3v) is 4.35. The first-order valence-corrected chi connectivity index (χ1v) is 8.57. The zero-order valence-electron chi connectivity index (χ0n) is 14.4. The number of rotatable bonds is 5. The van der Waals surface area contributed by atoms with Crippen molar-refractivity contribution in [2.75, 3.05) is 18.0 Å². The molecule has 1 aliphatic heterocycles. The van der Waals surface area contributed by atoms with Gasteiger partial charge in [0, 0.05) is 38.1 Å². The summed E-state index contributed by atoms with van der Waals surface area (Å²) in [6.07, 6.45) is 5.68. The second-order valence-electron chi connectivity index (χ2n) is 6.48. The Labute approximate surface area is 143 Å². The molecule has 1 fully saturated rings. The predicted molar refractivity (Wildman–Crippen MR) is 94.9 cm³/mol. The summed E-state index contributed by atoms with van der Waals surface area (Å²) in [6, 6.07) is 10.1. The third kappa shape index (κ3) is 3.72. The summed E-state index contributed by atoms with van der Waals surface area (Å²) in [5.74, 6) is 0.699. The fraction of sp³-hybridized carbons (Fsp3) is 0.421.